The number of hydrogen-bond acceptors (Lipinski definition) is 7. The average Bonchev–Trinajstić information content (AvgIpc) is 3.14. The van der Waals surface area contributed by atoms with Crippen molar-refractivity contribution in [3.63, 3.8) is 0 Å². The van der Waals surface area contributed by atoms with E-state index < -0.39 is 0 Å². The van der Waals surface area contributed by atoms with E-state index in [1.807, 2.05) is 6.92 Å². The highest BCUT2D eigenvalue weighted by molar-refractivity contribution is 5.85. The van der Waals surface area contributed by atoms with Gasteiger partial charge in [0.05, 0.1) is 18.1 Å². The fourth-order valence-electron chi connectivity index (χ4n) is 4.11. The van der Waals surface area contributed by atoms with Gasteiger partial charge < -0.3 is 14.6 Å². The Kier molecular flexibility index (Phi) is 7.05. The van der Waals surface area contributed by atoms with Crippen LogP contribution in [0.25, 0.3) is 0 Å². The summed E-state index contributed by atoms with van der Waals surface area (Å²) in [6.45, 7) is 7.67. The van der Waals surface area contributed by atoms with Crippen LogP contribution in [0.1, 0.15) is 42.9 Å². The Bertz CT molecular complexity index is 850. The molecular formula is C19H27ClN6O3. The SMILES string of the molecule is CCOc1ccc([N+](=O)[O-])cc1CN1CCC(c2nnc3n2CCNC3)CC1.Cl. The number of fused-ring (bicyclic) bond motifs is 1. The zero-order valence-electron chi connectivity index (χ0n) is 16.5. The summed E-state index contributed by atoms with van der Waals surface area (Å²) in [4.78, 5) is 13.1. The molecule has 0 saturated carbocycles. The molecule has 1 aromatic heterocycles. The van der Waals surface area contributed by atoms with Gasteiger partial charge in [0.25, 0.3) is 5.69 Å². The van der Waals surface area contributed by atoms with Crippen molar-refractivity contribution >= 4 is 18.1 Å². The van der Waals surface area contributed by atoms with E-state index in [-0.39, 0.29) is 23.0 Å². The lowest BCUT2D eigenvalue weighted by Crippen LogP contribution is -2.34. The van der Waals surface area contributed by atoms with Gasteiger partial charge in [0.15, 0.2) is 0 Å². The molecule has 1 N–H and O–H groups in total. The maximum Gasteiger partial charge on any atom is 0.270 e. The molecule has 158 valence electrons. The van der Waals surface area contributed by atoms with E-state index in [0.29, 0.717) is 19.1 Å². The van der Waals surface area contributed by atoms with Gasteiger partial charge in [-0.05, 0) is 38.9 Å². The van der Waals surface area contributed by atoms with Gasteiger partial charge in [0.2, 0.25) is 0 Å². The summed E-state index contributed by atoms with van der Waals surface area (Å²) in [7, 11) is 0. The van der Waals surface area contributed by atoms with Crippen molar-refractivity contribution in [1.82, 2.24) is 25.0 Å². The van der Waals surface area contributed by atoms with Crippen molar-refractivity contribution in [2.45, 2.75) is 45.3 Å². The molecule has 0 atom stereocenters. The Morgan fingerprint density at radius 1 is 1.28 bits per heavy atom. The van der Waals surface area contributed by atoms with Crippen molar-refractivity contribution in [2.24, 2.45) is 0 Å². The molecule has 0 unspecified atom stereocenters. The van der Waals surface area contributed by atoms with Crippen LogP contribution in [0, 0.1) is 10.1 Å². The highest BCUT2D eigenvalue weighted by Gasteiger charge is 2.27. The van der Waals surface area contributed by atoms with E-state index in [1.54, 1.807) is 12.1 Å². The molecule has 0 spiro atoms. The lowest BCUT2D eigenvalue weighted by molar-refractivity contribution is -0.385. The standard InChI is InChI=1S/C19H26N6O3.ClH/c1-2-28-17-4-3-16(25(26)27)11-15(17)13-23-8-5-14(6-9-23)19-22-21-18-12-20-7-10-24(18)19;/h3-4,11,14,20H,2,5-10,12-13H2,1H3;1H. The van der Waals surface area contributed by atoms with Gasteiger partial charge >= 0.3 is 0 Å². The molecule has 1 saturated heterocycles. The van der Waals surface area contributed by atoms with Crippen molar-refractivity contribution in [3.05, 3.63) is 45.5 Å². The summed E-state index contributed by atoms with van der Waals surface area (Å²) < 4.78 is 7.95. The van der Waals surface area contributed by atoms with Crippen LogP contribution >= 0.6 is 12.4 Å². The van der Waals surface area contributed by atoms with E-state index in [9.17, 15) is 10.1 Å². The second-order valence-electron chi connectivity index (χ2n) is 7.34. The van der Waals surface area contributed by atoms with Crippen LogP contribution < -0.4 is 10.1 Å². The van der Waals surface area contributed by atoms with Crippen molar-refractivity contribution in [2.75, 3.05) is 26.2 Å². The van der Waals surface area contributed by atoms with E-state index >= 15 is 0 Å². The molecule has 2 aliphatic heterocycles. The van der Waals surface area contributed by atoms with Crippen LogP contribution in [0.2, 0.25) is 0 Å². The number of piperidine rings is 1. The van der Waals surface area contributed by atoms with Crippen LogP contribution in [-0.4, -0.2) is 50.8 Å². The van der Waals surface area contributed by atoms with Crippen LogP contribution in [0.5, 0.6) is 5.75 Å². The molecule has 4 rings (SSSR count). The van der Waals surface area contributed by atoms with E-state index in [1.165, 1.54) is 6.07 Å². The molecule has 1 fully saturated rings. The molecule has 0 amide bonds. The topological polar surface area (TPSA) is 98.3 Å². The van der Waals surface area contributed by atoms with E-state index in [0.717, 1.165) is 68.5 Å². The van der Waals surface area contributed by atoms with Crippen LogP contribution in [0.15, 0.2) is 18.2 Å². The predicted molar refractivity (Wildman–Crippen MR) is 110 cm³/mol. The molecule has 10 heteroatoms. The minimum Gasteiger partial charge on any atom is -0.494 e. The molecule has 9 nitrogen and oxygen atoms in total. The molecule has 3 heterocycles. The van der Waals surface area contributed by atoms with Gasteiger partial charge in [-0.25, -0.2) is 0 Å². The Hall–Kier alpha value is -2.23. The fourth-order valence-corrected chi connectivity index (χ4v) is 4.11. The van der Waals surface area contributed by atoms with Gasteiger partial charge in [-0.3, -0.25) is 15.0 Å². The maximum atomic E-state index is 11.1. The number of ether oxygens (including phenoxy) is 1. The Labute approximate surface area is 176 Å². The van der Waals surface area contributed by atoms with E-state index in [4.69, 9.17) is 4.74 Å². The highest BCUT2D eigenvalue weighted by atomic mass is 35.5. The summed E-state index contributed by atoms with van der Waals surface area (Å²) in [5.41, 5.74) is 0.984. The molecule has 0 aliphatic carbocycles. The van der Waals surface area contributed by atoms with Gasteiger partial charge in [0, 0.05) is 43.2 Å². The third kappa shape index (κ3) is 4.68. The Balaban J connectivity index is 0.00000240. The monoisotopic (exact) mass is 422 g/mol. The molecule has 0 radical (unpaired) electrons. The van der Waals surface area contributed by atoms with Gasteiger partial charge in [-0.2, -0.15) is 0 Å². The molecule has 1 aromatic carbocycles. The Morgan fingerprint density at radius 2 is 2.07 bits per heavy atom. The summed E-state index contributed by atoms with van der Waals surface area (Å²) in [5.74, 6) is 3.30. The molecule has 0 bridgehead atoms. The quantitative estimate of drug-likeness (QED) is 0.564. The molecule has 29 heavy (non-hydrogen) atoms. The second kappa shape index (κ2) is 9.51. The number of benzene rings is 1. The number of nitro groups is 1. The van der Waals surface area contributed by atoms with Crippen molar-refractivity contribution in [1.29, 1.82) is 0 Å². The summed E-state index contributed by atoms with van der Waals surface area (Å²) in [5, 5.41) is 23.3. The number of rotatable bonds is 6. The highest BCUT2D eigenvalue weighted by Crippen LogP contribution is 2.31. The lowest BCUT2D eigenvalue weighted by atomic mass is 9.95. The number of hydrogen-bond donors (Lipinski definition) is 1. The minimum absolute atomic E-state index is 0. The Morgan fingerprint density at radius 3 is 2.79 bits per heavy atom. The first-order valence-corrected chi connectivity index (χ1v) is 9.91. The van der Waals surface area contributed by atoms with Crippen LogP contribution in [0.3, 0.4) is 0 Å². The first kappa shape index (κ1) is 21.5. The number of nitrogens with one attached hydrogen (secondary N) is 1. The number of non-ortho nitro benzene ring substituents is 1. The number of aromatic nitrogens is 3. The largest absolute Gasteiger partial charge is 0.494 e. The predicted octanol–water partition coefficient (Wildman–Crippen LogP) is 2.49. The summed E-state index contributed by atoms with van der Waals surface area (Å²) in [6.07, 6.45) is 2.04. The van der Waals surface area contributed by atoms with Crippen LogP contribution in [0.4, 0.5) is 5.69 Å². The smallest absolute Gasteiger partial charge is 0.270 e. The average molecular weight is 423 g/mol. The molecule has 2 aliphatic rings. The van der Waals surface area contributed by atoms with E-state index in [2.05, 4.69) is 25.0 Å². The molecule has 2 aromatic rings. The van der Waals surface area contributed by atoms with Gasteiger partial charge in [0.1, 0.15) is 17.4 Å². The van der Waals surface area contributed by atoms with Gasteiger partial charge in [-0.15, -0.1) is 22.6 Å². The first-order chi connectivity index (χ1) is 13.7. The number of likely N-dealkylation sites (tertiary alicyclic amines) is 1. The minimum atomic E-state index is -0.352. The first-order valence-electron chi connectivity index (χ1n) is 9.91. The number of halogens is 1. The maximum absolute atomic E-state index is 11.1. The molecular weight excluding hydrogens is 396 g/mol. The van der Waals surface area contributed by atoms with Gasteiger partial charge in [-0.1, -0.05) is 0 Å². The number of nitro benzene ring substituents is 1. The van der Waals surface area contributed by atoms with Crippen LogP contribution in [-0.2, 0) is 19.6 Å². The summed E-state index contributed by atoms with van der Waals surface area (Å²) in [6, 6.07) is 4.85. The zero-order chi connectivity index (χ0) is 19.5. The fraction of sp³-hybridized carbons (Fsp3) is 0.579. The summed E-state index contributed by atoms with van der Waals surface area (Å²) >= 11 is 0. The second-order valence-corrected chi connectivity index (χ2v) is 7.34. The normalized spacial score (nSPS) is 17.4. The number of nitrogens with zero attached hydrogens (tertiary/aromatic N) is 5. The van der Waals surface area contributed by atoms with Crippen molar-refractivity contribution in [3.8, 4) is 5.75 Å². The third-order valence-corrected chi connectivity index (χ3v) is 5.55. The third-order valence-electron chi connectivity index (χ3n) is 5.55. The van der Waals surface area contributed by atoms with Crippen molar-refractivity contribution < 1.29 is 9.66 Å². The zero-order valence-corrected chi connectivity index (χ0v) is 17.4. The lowest BCUT2D eigenvalue weighted by Gasteiger charge is -2.32.